The van der Waals surface area contributed by atoms with Crippen molar-refractivity contribution in [1.29, 1.82) is 0 Å². The Morgan fingerprint density at radius 1 is 1.27 bits per heavy atom. The molecule has 1 aliphatic heterocycles. The van der Waals surface area contributed by atoms with E-state index in [-0.39, 0.29) is 23.5 Å². The van der Waals surface area contributed by atoms with Crippen molar-refractivity contribution >= 4 is 34.0 Å². The fourth-order valence-electron chi connectivity index (χ4n) is 4.01. The Morgan fingerprint density at radius 2 is 2.03 bits per heavy atom. The molecule has 2 aliphatic rings. The van der Waals surface area contributed by atoms with E-state index in [9.17, 15) is 14.0 Å². The van der Waals surface area contributed by atoms with Gasteiger partial charge in [-0.15, -0.1) is 11.3 Å². The number of amides is 2. The minimum absolute atomic E-state index is 0.0643. The molecule has 1 aromatic carbocycles. The number of anilines is 2. The molecule has 4 rings (SSSR count). The summed E-state index contributed by atoms with van der Waals surface area (Å²) in [6.07, 6.45) is 2.74. The summed E-state index contributed by atoms with van der Waals surface area (Å²) in [5.41, 5.74) is 2.15. The zero-order chi connectivity index (χ0) is 21.3. The van der Waals surface area contributed by atoms with E-state index >= 15 is 0 Å². The first-order chi connectivity index (χ1) is 14.4. The zero-order valence-electron chi connectivity index (χ0n) is 17.4. The molecule has 2 amide bonds. The predicted molar refractivity (Wildman–Crippen MR) is 116 cm³/mol. The largest absolute Gasteiger partial charge is 0.345 e. The number of carbonyl (C=O) groups is 2. The van der Waals surface area contributed by atoms with Crippen LogP contribution in [0.15, 0.2) is 18.2 Å². The lowest BCUT2D eigenvalue weighted by Crippen LogP contribution is -2.48. The van der Waals surface area contributed by atoms with Crippen LogP contribution in [-0.4, -0.2) is 47.9 Å². The molecule has 1 unspecified atom stereocenters. The summed E-state index contributed by atoms with van der Waals surface area (Å²) in [5.74, 6) is -0.304. The number of rotatable bonds is 4. The molecule has 2 heterocycles. The van der Waals surface area contributed by atoms with E-state index in [1.54, 1.807) is 30.4 Å². The molecule has 1 aromatic heterocycles. The molecule has 0 radical (unpaired) electrons. The predicted octanol–water partition coefficient (Wildman–Crippen LogP) is 3.39. The van der Waals surface area contributed by atoms with E-state index in [0.717, 1.165) is 49.8 Å². The van der Waals surface area contributed by atoms with Gasteiger partial charge in [-0.3, -0.25) is 9.59 Å². The molecule has 1 saturated heterocycles. The number of hydrogen-bond acceptors (Lipinski definition) is 5. The first-order valence-corrected chi connectivity index (χ1v) is 11.3. The molecule has 0 bridgehead atoms. The fraction of sp³-hybridized carbons (Fsp3) is 0.500. The third kappa shape index (κ3) is 4.33. The number of aryl methyl sites for hydroxylation is 2. The Hall–Kier alpha value is -2.48. The van der Waals surface area contributed by atoms with Crippen LogP contribution in [0.4, 0.5) is 15.2 Å². The molecule has 2 aromatic rings. The van der Waals surface area contributed by atoms with Crippen molar-refractivity contribution < 1.29 is 14.0 Å². The summed E-state index contributed by atoms with van der Waals surface area (Å²) in [4.78, 5) is 34.7. The van der Waals surface area contributed by atoms with Crippen molar-refractivity contribution in [3.8, 4) is 0 Å². The maximum atomic E-state index is 13.8. The third-order valence-electron chi connectivity index (χ3n) is 5.94. The highest BCUT2D eigenvalue weighted by molar-refractivity contribution is 7.15. The van der Waals surface area contributed by atoms with Crippen LogP contribution in [0.2, 0.25) is 0 Å². The lowest BCUT2D eigenvalue weighted by molar-refractivity contribution is -0.131. The molecular weight excluding hydrogens is 403 g/mol. The topological polar surface area (TPSA) is 65.5 Å². The van der Waals surface area contributed by atoms with Gasteiger partial charge in [0.05, 0.1) is 5.69 Å². The van der Waals surface area contributed by atoms with Gasteiger partial charge < -0.3 is 15.1 Å². The van der Waals surface area contributed by atoms with Crippen LogP contribution in [0.5, 0.6) is 0 Å². The molecule has 8 heteroatoms. The van der Waals surface area contributed by atoms with E-state index in [2.05, 4.69) is 10.2 Å². The standard InChI is InChI=1S/C22H27FN4O2S/c1-3-20(28)26-8-10-27(11-9-26)22-25-18-7-5-15(12-19(18)30-22)21(29)24-16-6-4-14(2)17(23)13-16/h4,6,13,15H,3,5,7-12H2,1-2H3,(H,24,29). The summed E-state index contributed by atoms with van der Waals surface area (Å²) in [5, 5.41) is 3.85. The number of aromatic nitrogens is 1. The van der Waals surface area contributed by atoms with Crippen LogP contribution in [0.1, 0.15) is 35.9 Å². The third-order valence-corrected chi connectivity index (χ3v) is 7.12. The summed E-state index contributed by atoms with van der Waals surface area (Å²) in [6.45, 7) is 6.64. The molecule has 0 spiro atoms. The first kappa shape index (κ1) is 20.8. The number of thiazole rings is 1. The number of halogens is 1. The van der Waals surface area contributed by atoms with Crippen LogP contribution in [0, 0.1) is 18.7 Å². The highest BCUT2D eigenvalue weighted by Crippen LogP contribution is 2.35. The summed E-state index contributed by atoms with van der Waals surface area (Å²) in [7, 11) is 0. The van der Waals surface area contributed by atoms with Gasteiger partial charge in [-0.2, -0.15) is 0 Å². The van der Waals surface area contributed by atoms with Gasteiger partial charge in [0.25, 0.3) is 0 Å². The molecule has 1 fully saturated rings. The van der Waals surface area contributed by atoms with Crippen molar-refractivity contribution in [2.75, 3.05) is 36.4 Å². The van der Waals surface area contributed by atoms with Gasteiger partial charge in [0.2, 0.25) is 11.8 Å². The van der Waals surface area contributed by atoms with Gasteiger partial charge in [-0.25, -0.2) is 9.37 Å². The lowest BCUT2D eigenvalue weighted by atomic mass is 9.90. The fourth-order valence-corrected chi connectivity index (χ4v) is 5.24. The Kier molecular flexibility index (Phi) is 6.04. The highest BCUT2D eigenvalue weighted by atomic mass is 32.1. The quantitative estimate of drug-likeness (QED) is 0.808. The Bertz CT molecular complexity index is 953. The molecule has 1 atom stereocenters. The number of benzene rings is 1. The van der Waals surface area contributed by atoms with Crippen LogP contribution in [0.25, 0.3) is 0 Å². The van der Waals surface area contributed by atoms with Crippen LogP contribution >= 0.6 is 11.3 Å². The molecule has 6 nitrogen and oxygen atoms in total. The molecule has 0 saturated carbocycles. The van der Waals surface area contributed by atoms with Crippen molar-refractivity contribution in [3.05, 3.63) is 40.2 Å². The number of nitrogens with zero attached hydrogens (tertiary/aromatic N) is 3. The number of nitrogens with one attached hydrogen (secondary N) is 1. The van der Waals surface area contributed by atoms with E-state index in [0.29, 0.717) is 24.1 Å². The van der Waals surface area contributed by atoms with Crippen LogP contribution in [-0.2, 0) is 22.4 Å². The minimum atomic E-state index is -0.313. The van der Waals surface area contributed by atoms with Gasteiger partial charge in [0, 0.05) is 49.1 Å². The Morgan fingerprint density at radius 3 is 2.73 bits per heavy atom. The second kappa shape index (κ2) is 8.71. The maximum absolute atomic E-state index is 13.8. The monoisotopic (exact) mass is 430 g/mol. The summed E-state index contributed by atoms with van der Waals surface area (Å²) < 4.78 is 13.8. The second-order valence-electron chi connectivity index (χ2n) is 7.98. The Balaban J connectivity index is 1.37. The highest BCUT2D eigenvalue weighted by Gasteiger charge is 2.29. The molecule has 1 N–H and O–H groups in total. The van der Waals surface area contributed by atoms with E-state index in [4.69, 9.17) is 4.98 Å². The lowest BCUT2D eigenvalue weighted by Gasteiger charge is -2.34. The van der Waals surface area contributed by atoms with Crippen molar-refractivity contribution in [1.82, 2.24) is 9.88 Å². The van der Waals surface area contributed by atoms with Gasteiger partial charge in [0.15, 0.2) is 5.13 Å². The average Bonchev–Trinajstić information content (AvgIpc) is 3.19. The van der Waals surface area contributed by atoms with Crippen LogP contribution < -0.4 is 10.2 Å². The normalized spacial score (nSPS) is 18.8. The number of hydrogen-bond donors (Lipinski definition) is 1. The summed E-state index contributed by atoms with van der Waals surface area (Å²) >= 11 is 1.66. The van der Waals surface area contributed by atoms with Crippen molar-refractivity contribution in [2.24, 2.45) is 5.92 Å². The van der Waals surface area contributed by atoms with Gasteiger partial charge in [-0.05, 0) is 43.9 Å². The molecule has 30 heavy (non-hydrogen) atoms. The summed E-state index contributed by atoms with van der Waals surface area (Å²) in [6, 6.07) is 4.78. The van der Waals surface area contributed by atoms with E-state index < -0.39 is 0 Å². The molecule has 160 valence electrons. The van der Waals surface area contributed by atoms with Gasteiger partial charge in [0.1, 0.15) is 5.82 Å². The van der Waals surface area contributed by atoms with Crippen LogP contribution in [0.3, 0.4) is 0 Å². The van der Waals surface area contributed by atoms with Crippen molar-refractivity contribution in [3.63, 3.8) is 0 Å². The number of fused-ring (bicyclic) bond motifs is 1. The molecular formula is C22H27FN4O2S. The van der Waals surface area contributed by atoms with E-state index in [1.807, 2.05) is 11.8 Å². The second-order valence-corrected chi connectivity index (χ2v) is 9.04. The van der Waals surface area contributed by atoms with Crippen molar-refractivity contribution in [2.45, 2.75) is 39.5 Å². The number of carbonyl (C=O) groups excluding carboxylic acids is 2. The molecule has 1 aliphatic carbocycles. The smallest absolute Gasteiger partial charge is 0.227 e. The SMILES string of the molecule is CCC(=O)N1CCN(c2nc3c(s2)CC(C(=O)Nc2ccc(C)c(F)c2)CC3)CC1. The Labute approximate surface area is 180 Å². The van der Waals surface area contributed by atoms with E-state index in [1.165, 1.54) is 10.9 Å². The first-order valence-electron chi connectivity index (χ1n) is 10.5. The van der Waals surface area contributed by atoms with Gasteiger partial charge >= 0.3 is 0 Å². The minimum Gasteiger partial charge on any atom is -0.345 e. The maximum Gasteiger partial charge on any atom is 0.227 e. The average molecular weight is 431 g/mol. The van der Waals surface area contributed by atoms with Gasteiger partial charge in [-0.1, -0.05) is 13.0 Å². The number of piperazine rings is 1. The zero-order valence-corrected chi connectivity index (χ0v) is 18.2.